The first-order valence-corrected chi connectivity index (χ1v) is 27.2. The van der Waals surface area contributed by atoms with E-state index in [9.17, 15) is 22.6 Å². The molecule has 0 bridgehead atoms. The third-order valence-corrected chi connectivity index (χ3v) is 11.0. The molecule has 1 atom stereocenters. The van der Waals surface area contributed by atoms with E-state index in [0.29, 0.717) is 158 Å². The Morgan fingerprint density at radius 3 is 0.843 bits per heavy atom. The summed E-state index contributed by atoms with van der Waals surface area (Å²) >= 11 is 0. The molecule has 0 saturated carbocycles. The molecule has 0 aliphatic carbocycles. The number of carbonyl (C=O) groups is 2. The van der Waals surface area contributed by atoms with Crippen molar-refractivity contribution in [3.8, 4) is 0 Å². The van der Waals surface area contributed by atoms with Gasteiger partial charge in [0.25, 0.3) is 10.1 Å². The summed E-state index contributed by atoms with van der Waals surface area (Å²) in [5.41, 5.74) is 0. The molecule has 0 aromatic carbocycles. The monoisotopic (exact) mass is 1040 g/mol. The first kappa shape index (κ1) is 68.3. The van der Waals surface area contributed by atoms with Crippen LogP contribution < -0.4 is 0 Å². The Balaban J connectivity index is 3.42. The van der Waals surface area contributed by atoms with Crippen LogP contribution in [0.2, 0.25) is 0 Å². The number of unbranched alkanes of at least 4 members (excludes halogenated alkanes) is 13. The van der Waals surface area contributed by atoms with Crippen molar-refractivity contribution in [1.29, 1.82) is 0 Å². The normalized spacial score (nSPS) is 12.2. The van der Waals surface area contributed by atoms with Crippen molar-refractivity contribution in [1.82, 2.24) is 0 Å². The van der Waals surface area contributed by atoms with Crippen LogP contribution in [-0.2, 0) is 90.8 Å². The van der Waals surface area contributed by atoms with Crippen LogP contribution in [0.5, 0.6) is 0 Å². The molecular formula is C48H94O21S. The van der Waals surface area contributed by atoms with Gasteiger partial charge in [-0.1, -0.05) is 90.4 Å². The molecule has 0 rings (SSSR count). The predicted molar refractivity (Wildman–Crippen MR) is 260 cm³/mol. The van der Waals surface area contributed by atoms with Gasteiger partial charge in [-0.05, 0) is 6.42 Å². The van der Waals surface area contributed by atoms with Gasteiger partial charge in [0.2, 0.25) is 0 Å². The summed E-state index contributed by atoms with van der Waals surface area (Å²) < 4.78 is 114. The van der Waals surface area contributed by atoms with Crippen LogP contribution in [-0.4, -0.2) is 227 Å². The summed E-state index contributed by atoms with van der Waals surface area (Å²) in [7, 11) is -4.87. The Bertz CT molecular complexity index is 1190. The topological polar surface area (TPSA) is 247 Å². The highest BCUT2D eigenvalue weighted by atomic mass is 32.2. The van der Waals surface area contributed by atoms with Gasteiger partial charge in [-0.25, -0.2) is 0 Å². The average Bonchev–Trinajstić information content (AvgIpc) is 3.34. The number of aliphatic hydroxyl groups excluding tert-OH is 1. The lowest BCUT2D eigenvalue weighted by atomic mass is 10.0. The van der Waals surface area contributed by atoms with Crippen LogP contribution in [0.25, 0.3) is 0 Å². The van der Waals surface area contributed by atoms with E-state index < -0.39 is 33.7 Å². The number of carbonyl (C=O) groups excluding carboxylic acids is 2. The number of aliphatic hydroxyl groups is 1. The first-order valence-electron chi connectivity index (χ1n) is 25.7. The number of hydrogen-bond acceptors (Lipinski definition) is 20. The van der Waals surface area contributed by atoms with Gasteiger partial charge in [0.05, 0.1) is 191 Å². The molecule has 0 heterocycles. The average molecular weight is 1040 g/mol. The second-order valence-electron chi connectivity index (χ2n) is 15.9. The van der Waals surface area contributed by atoms with E-state index in [0.717, 1.165) is 19.3 Å². The molecule has 0 aliphatic rings. The summed E-state index contributed by atoms with van der Waals surface area (Å²) in [4.78, 5) is 24.5. The molecule has 0 aromatic heterocycles. The summed E-state index contributed by atoms with van der Waals surface area (Å²) in [5.74, 6) is -2.14. The van der Waals surface area contributed by atoms with Crippen molar-refractivity contribution in [2.45, 2.75) is 108 Å². The zero-order chi connectivity index (χ0) is 51.0. The van der Waals surface area contributed by atoms with Crippen molar-refractivity contribution in [2.24, 2.45) is 0 Å². The van der Waals surface area contributed by atoms with E-state index >= 15 is 0 Å². The van der Waals surface area contributed by atoms with Gasteiger partial charge in [0, 0.05) is 0 Å². The molecule has 418 valence electrons. The Morgan fingerprint density at radius 2 is 0.586 bits per heavy atom. The smallest absolute Gasteiger partial charge is 0.327 e. The molecule has 0 fully saturated rings. The van der Waals surface area contributed by atoms with Crippen LogP contribution in [0.1, 0.15) is 103 Å². The summed E-state index contributed by atoms with van der Waals surface area (Å²) in [6, 6.07) is 0. The molecule has 1 unspecified atom stereocenters. The standard InChI is InChI=1S/C48H94O21S/c1-2-3-4-5-6-7-8-9-10-11-12-13-14-15-17-69-48(51)46(70(52,53)54)45-47(50)68-44-43-67-42-41-66-40-39-65-38-37-64-36-35-63-34-33-62-32-31-61-30-29-60-28-27-59-26-25-58-24-23-57-22-21-56-20-19-55-18-16-49/h46,49H,2-45H2,1H3,(H,52,53,54). The SMILES string of the molecule is CCCCCCCCCCCCCCCCOC(=O)C(CC(=O)OCCOCCOCCOCCOCCOCCOCCOCCOCCOCCOCCOCCOCCOCCO)S(=O)(=O)O. The van der Waals surface area contributed by atoms with Crippen molar-refractivity contribution in [3.05, 3.63) is 0 Å². The highest BCUT2D eigenvalue weighted by molar-refractivity contribution is 7.87. The third kappa shape index (κ3) is 54.1. The number of rotatable bonds is 60. The van der Waals surface area contributed by atoms with Gasteiger partial charge in [-0.2, -0.15) is 8.42 Å². The molecule has 22 heteroatoms. The minimum atomic E-state index is -4.87. The highest BCUT2D eigenvalue weighted by Crippen LogP contribution is 2.14. The Hall–Kier alpha value is -1.71. The van der Waals surface area contributed by atoms with Crippen LogP contribution in [0, 0.1) is 0 Å². The maximum atomic E-state index is 12.4. The molecule has 21 nitrogen and oxygen atoms in total. The van der Waals surface area contributed by atoms with Crippen LogP contribution in [0.3, 0.4) is 0 Å². The minimum Gasteiger partial charge on any atom is -0.465 e. The van der Waals surface area contributed by atoms with Gasteiger partial charge in [-0.15, -0.1) is 0 Å². The maximum Gasteiger partial charge on any atom is 0.327 e. The van der Waals surface area contributed by atoms with E-state index in [1.54, 1.807) is 0 Å². The highest BCUT2D eigenvalue weighted by Gasteiger charge is 2.35. The van der Waals surface area contributed by atoms with E-state index in [1.807, 2.05) is 0 Å². The number of esters is 2. The van der Waals surface area contributed by atoms with Crippen molar-refractivity contribution >= 4 is 22.1 Å². The first-order chi connectivity index (χ1) is 34.3. The Labute approximate surface area is 419 Å². The van der Waals surface area contributed by atoms with Crippen molar-refractivity contribution in [2.75, 3.05) is 192 Å². The molecule has 70 heavy (non-hydrogen) atoms. The van der Waals surface area contributed by atoms with Crippen molar-refractivity contribution in [3.63, 3.8) is 0 Å². The van der Waals surface area contributed by atoms with Gasteiger partial charge in [0.15, 0.2) is 5.25 Å². The van der Waals surface area contributed by atoms with Crippen LogP contribution in [0.4, 0.5) is 0 Å². The molecule has 0 aliphatic heterocycles. The molecule has 0 amide bonds. The predicted octanol–water partition coefficient (Wildman–Crippen LogP) is 4.41. The lowest BCUT2D eigenvalue weighted by molar-refractivity contribution is -0.151. The summed E-state index contributed by atoms with van der Waals surface area (Å²) in [5, 5.41) is 6.56. The second kappa shape index (κ2) is 56.6. The van der Waals surface area contributed by atoms with Gasteiger partial charge in [-0.3, -0.25) is 14.1 Å². The molecule has 0 radical (unpaired) electrons. The van der Waals surface area contributed by atoms with Gasteiger partial charge in [0.1, 0.15) is 6.61 Å². The number of hydrogen-bond donors (Lipinski definition) is 2. The Kier molecular flexibility index (Phi) is 55.2. The second-order valence-corrected chi connectivity index (χ2v) is 17.5. The molecule has 0 saturated heterocycles. The minimum absolute atomic E-state index is 0.0116. The largest absolute Gasteiger partial charge is 0.465 e. The van der Waals surface area contributed by atoms with E-state index in [-0.39, 0.29) is 39.6 Å². The van der Waals surface area contributed by atoms with E-state index in [1.165, 1.54) is 64.2 Å². The summed E-state index contributed by atoms with van der Waals surface area (Å²) in [6.07, 6.45) is 15.6. The molecule has 2 N–H and O–H groups in total. The maximum absolute atomic E-state index is 12.4. The molecular weight excluding hydrogens is 945 g/mol. The van der Waals surface area contributed by atoms with E-state index in [4.69, 9.17) is 76.2 Å². The summed E-state index contributed by atoms with van der Waals surface area (Å²) in [6.45, 7) is 12.9. The van der Waals surface area contributed by atoms with Crippen LogP contribution in [0.15, 0.2) is 0 Å². The number of ether oxygens (including phenoxy) is 15. The zero-order valence-electron chi connectivity index (χ0n) is 42.7. The van der Waals surface area contributed by atoms with Gasteiger partial charge < -0.3 is 76.2 Å². The van der Waals surface area contributed by atoms with Crippen LogP contribution >= 0.6 is 0 Å². The zero-order valence-corrected chi connectivity index (χ0v) is 43.6. The van der Waals surface area contributed by atoms with Crippen molar-refractivity contribution < 1.29 is 98.7 Å². The fraction of sp³-hybridized carbons (Fsp3) is 0.958. The van der Waals surface area contributed by atoms with E-state index in [2.05, 4.69) is 6.92 Å². The van der Waals surface area contributed by atoms with Gasteiger partial charge >= 0.3 is 11.9 Å². The molecule has 0 spiro atoms. The fourth-order valence-corrected chi connectivity index (χ4v) is 6.76. The third-order valence-electron chi connectivity index (χ3n) is 9.91. The lowest BCUT2D eigenvalue weighted by Gasteiger charge is -2.13. The molecule has 0 aromatic rings. The Morgan fingerprint density at radius 1 is 0.343 bits per heavy atom. The lowest BCUT2D eigenvalue weighted by Crippen LogP contribution is -2.34. The fourth-order valence-electron chi connectivity index (χ4n) is 6.10. The quantitative estimate of drug-likeness (QED) is 0.0487.